The fraction of sp³-hybridized carbons (Fsp3) is 0.667. The lowest BCUT2D eigenvalue weighted by atomic mass is 10.2. The van der Waals surface area contributed by atoms with Gasteiger partial charge in [0.25, 0.3) is 0 Å². The van der Waals surface area contributed by atoms with E-state index in [0.29, 0.717) is 11.7 Å². The van der Waals surface area contributed by atoms with Crippen LogP contribution in [0.5, 0.6) is 0 Å². The van der Waals surface area contributed by atoms with Crippen LogP contribution in [0.2, 0.25) is 0 Å². The Morgan fingerprint density at radius 2 is 1.89 bits per heavy atom. The lowest BCUT2D eigenvalue weighted by molar-refractivity contribution is -0.141. The molecule has 2 aliphatic rings. The minimum Gasteiger partial charge on any atom is -0.461 e. The molecule has 2 heterocycles. The SMILES string of the molecule is CC1C=CC(=O)O1.CS.CSC1CC(=O)OC1C. The summed E-state index contributed by atoms with van der Waals surface area (Å²) in [7, 11) is 0. The normalized spacial score (nSPS) is 28.6. The van der Waals surface area contributed by atoms with Crippen molar-refractivity contribution in [3.8, 4) is 0 Å². The highest BCUT2D eigenvalue weighted by molar-refractivity contribution is 7.99. The Bertz CT molecular complexity index is 304. The number of hydrogen-bond acceptors (Lipinski definition) is 6. The fourth-order valence-electron chi connectivity index (χ4n) is 1.41. The van der Waals surface area contributed by atoms with E-state index >= 15 is 0 Å². The quantitative estimate of drug-likeness (QED) is 0.592. The van der Waals surface area contributed by atoms with Crippen molar-refractivity contribution >= 4 is 36.3 Å². The smallest absolute Gasteiger partial charge is 0.331 e. The zero-order chi connectivity index (χ0) is 14.1. The summed E-state index contributed by atoms with van der Waals surface area (Å²) in [6, 6.07) is 0. The summed E-state index contributed by atoms with van der Waals surface area (Å²) >= 11 is 5.23. The molecule has 0 aromatic carbocycles. The highest BCUT2D eigenvalue weighted by Crippen LogP contribution is 2.24. The summed E-state index contributed by atoms with van der Waals surface area (Å²) in [5.41, 5.74) is 0. The average Bonchev–Trinajstić information content (AvgIpc) is 2.87. The summed E-state index contributed by atoms with van der Waals surface area (Å²) in [5, 5.41) is 0.387. The first-order valence-electron chi connectivity index (χ1n) is 5.58. The summed E-state index contributed by atoms with van der Waals surface area (Å²) in [6.45, 7) is 3.76. The minimum absolute atomic E-state index is 0.00694. The summed E-state index contributed by atoms with van der Waals surface area (Å²) in [6.07, 6.45) is 7.55. The van der Waals surface area contributed by atoms with Gasteiger partial charge in [0.15, 0.2) is 0 Å². The molecule has 2 aliphatic heterocycles. The molecular formula is C12H20O4S2. The van der Waals surface area contributed by atoms with E-state index in [2.05, 4.69) is 17.4 Å². The molecule has 104 valence electrons. The van der Waals surface area contributed by atoms with Crippen LogP contribution >= 0.6 is 24.4 Å². The maximum absolute atomic E-state index is 10.6. The first-order valence-corrected chi connectivity index (χ1v) is 7.77. The second-order valence-electron chi connectivity index (χ2n) is 3.67. The Morgan fingerprint density at radius 3 is 2.06 bits per heavy atom. The van der Waals surface area contributed by atoms with Gasteiger partial charge in [-0.15, -0.1) is 0 Å². The number of rotatable bonds is 1. The Labute approximate surface area is 118 Å². The van der Waals surface area contributed by atoms with Crippen LogP contribution in [0.25, 0.3) is 0 Å². The Balaban J connectivity index is 0.000000289. The predicted octanol–water partition coefficient (Wildman–Crippen LogP) is 2.09. The van der Waals surface area contributed by atoms with Gasteiger partial charge in [-0.05, 0) is 32.4 Å². The molecule has 0 spiro atoms. The molecule has 0 aromatic rings. The van der Waals surface area contributed by atoms with E-state index in [-0.39, 0.29) is 24.1 Å². The summed E-state index contributed by atoms with van der Waals surface area (Å²) < 4.78 is 9.52. The Morgan fingerprint density at radius 1 is 1.28 bits per heavy atom. The van der Waals surface area contributed by atoms with Crippen LogP contribution in [0.15, 0.2) is 12.2 Å². The molecule has 6 heteroatoms. The van der Waals surface area contributed by atoms with Crippen molar-refractivity contribution in [3.63, 3.8) is 0 Å². The molecule has 0 aliphatic carbocycles. The molecule has 2 rings (SSSR count). The van der Waals surface area contributed by atoms with Crippen LogP contribution in [0.1, 0.15) is 20.3 Å². The zero-order valence-corrected chi connectivity index (χ0v) is 12.8. The van der Waals surface area contributed by atoms with Crippen LogP contribution in [0.4, 0.5) is 0 Å². The minimum atomic E-state index is -0.229. The third-order valence-electron chi connectivity index (χ3n) is 2.32. The molecule has 0 amide bonds. The average molecular weight is 292 g/mol. The Kier molecular flexibility index (Phi) is 9.01. The number of ether oxygens (including phenoxy) is 2. The molecule has 18 heavy (non-hydrogen) atoms. The van der Waals surface area contributed by atoms with Crippen molar-refractivity contribution in [3.05, 3.63) is 12.2 Å². The van der Waals surface area contributed by atoms with Gasteiger partial charge >= 0.3 is 11.9 Å². The van der Waals surface area contributed by atoms with Crippen LogP contribution in [-0.4, -0.2) is 41.9 Å². The predicted molar refractivity (Wildman–Crippen MR) is 77.1 cm³/mol. The van der Waals surface area contributed by atoms with Gasteiger partial charge in [0.05, 0.1) is 11.7 Å². The number of hydrogen-bond donors (Lipinski definition) is 1. The topological polar surface area (TPSA) is 52.6 Å². The highest BCUT2D eigenvalue weighted by atomic mass is 32.2. The molecule has 0 bridgehead atoms. The first kappa shape index (κ1) is 17.4. The first-order chi connectivity index (χ1) is 8.52. The third-order valence-corrected chi connectivity index (χ3v) is 3.47. The highest BCUT2D eigenvalue weighted by Gasteiger charge is 2.30. The number of carbonyl (C=O) groups is 2. The van der Waals surface area contributed by atoms with Crippen LogP contribution in [0, 0.1) is 0 Å². The van der Waals surface area contributed by atoms with Gasteiger partial charge in [-0.1, -0.05) is 0 Å². The van der Waals surface area contributed by atoms with E-state index in [1.54, 1.807) is 24.1 Å². The molecule has 0 N–H and O–H groups in total. The molecule has 0 saturated carbocycles. The van der Waals surface area contributed by atoms with Gasteiger partial charge in [-0.25, -0.2) is 4.79 Å². The molecule has 0 radical (unpaired) electrons. The van der Waals surface area contributed by atoms with Gasteiger partial charge in [-0.3, -0.25) is 4.79 Å². The number of thioether (sulfide) groups is 1. The largest absolute Gasteiger partial charge is 0.461 e. The van der Waals surface area contributed by atoms with Crippen LogP contribution in [-0.2, 0) is 19.1 Å². The van der Waals surface area contributed by atoms with Crippen LogP contribution < -0.4 is 0 Å². The van der Waals surface area contributed by atoms with Crippen LogP contribution in [0.3, 0.4) is 0 Å². The maximum atomic E-state index is 10.6. The van der Waals surface area contributed by atoms with Crippen molar-refractivity contribution in [2.75, 3.05) is 12.5 Å². The Hall–Kier alpha value is -0.620. The van der Waals surface area contributed by atoms with E-state index < -0.39 is 0 Å². The molecule has 0 aromatic heterocycles. The van der Waals surface area contributed by atoms with Gasteiger partial charge in [0, 0.05) is 6.08 Å². The van der Waals surface area contributed by atoms with E-state index in [9.17, 15) is 9.59 Å². The summed E-state index contributed by atoms with van der Waals surface area (Å²) in [5.74, 6) is -0.283. The number of thiol groups is 1. The standard InChI is InChI=1S/C6H10O2S.C5H6O2.CH4S/c1-4-5(9-2)3-6(7)8-4;1-4-2-3-5(6)7-4;1-2/h4-5H,3H2,1-2H3;2-4H,1H3;2H,1H3. The molecule has 1 fully saturated rings. The van der Waals surface area contributed by atoms with Crippen molar-refractivity contribution in [2.45, 2.75) is 37.7 Å². The number of cyclic esters (lactones) is 2. The van der Waals surface area contributed by atoms with E-state index in [1.807, 2.05) is 20.1 Å². The van der Waals surface area contributed by atoms with Gasteiger partial charge < -0.3 is 9.47 Å². The van der Waals surface area contributed by atoms with E-state index in [1.165, 1.54) is 6.08 Å². The second-order valence-corrected chi connectivity index (χ2v) is 4.75. The molecule has 1 saturated heterocycles. The molecular weight excluding hydrogens is 272 g/mol. The van der Waals surface area contributed by atoms with E-state index in [4.69, 9.17) is 4.74 Å². The molecule has 4 nitrogen and oxygen atoms in total. The number of esters is 2. The van der Waals surface area contributed by atoms with Crippen molar-refractivity contribution in [1.82, 2.24) is 0 Å². The lowest BCUT2D eigenvalue weighted by Gasteiger charge is -2.07. The van der Waals surface area contributed by atoms with Gasteiger partial charge in [0.2, 0.25) is 0 Å². The summed E-state index contributed by atoms with van der Waals surface area (Å²) in [4.78, 5) is 20.7. The fourth-order valence-corrected chi connectivity index (χ4v) is 2.15. The monoisotopic (exact) mass is 292 g/mol. The van der Waals surface area contributed by atoms with Gasteiger partial charge in [0.1, 0.15) is 12.2 Å². The lowest BCUT2D eigenvalue weighted by Crippen LogP contribution is -2.12. The van der Waals surface area contributed by atoms with Gasteiger partial charge in [-0.2, -0.15) is 24.4 Å². The third kappa shape index (κ3) is 6.35. The second kappa shape index (κ2) is 9.33. The number of carbonyl (C=O) groups excluding carboxylic acids is 2. The maximum Gasteiger partial charge on any atom is 0.331 e. The molecule has 3 atom stereocenters. The van der Waals surface area contributed by atoms with E-state index in [0.717, 1.165) is 0 Å². The van der Waals surface area contributed by atoms with Crippen molar-refractivity contribution in [1.29, 1.82) is 0 Å². The van der Waals surface area contributed by atoms with Crippen molar-refractivity contribution in [2.24, 2.45) is 0 Å². The molecule has 3 unspecified atom stereocenters. The zero-order valence-electron chi connectivity index (χ0n) is 11.1. The van der Waals surface area contributed by atoms with Crippen molar-refractivity contribution < 1.29 is 19.1 Å².